The standard InChI is InChI=1S/C26H31BN2O3.C5H12N2O.C2H6O/c1-25(2)26(3,4)32-27(31-25)21-12-11-17-13-19(10-9-18(17)14-21)23-15-28-24(29-23)22-8-6-5-7-20(22)16-30;1-5(2)7(3)6-4-8;1-3-2/h9-16,20,22H,5-8H2,1-4H3,(H,28,29);4-5H,1-3H3,(H,6,8);1-2H3. The smallest absolute Gasteiger partial charge is 0.399 e. The minimum absolute atomic E-state index is 0.0766. The first-order valence-corrected chi connectivity index (χ1v) is 15.1. The highest BCUT2D eigenvalue weighted by atomic mass is 16.7. The Morgan fingerprint density at radius 1 is 1.02 bits per heavy atom. The van der Waals surface area contributed by atoms with E-state index in [0.29, 0.717) is 12.5 Å². The largest absolute Gasteiger partial charge is 0.494 e. The fraction of sp³-hybridized carbons (Fsp3) is 0.545. The minimum atomic E-state index is -0.361. The van der Waals surface area contributed by atoms with Crippen LogP contribution in [0.4, 0.5) is 0 Å². The molecule has 2 fully saturated rings. The van der Waals surface area contributed by atoms with E-state index in [1.54, 1.807) is 19.2 Å². The molecule has 1 amide bonds. The lowest BCUT2D eigenvalue weighted by Crippen LogP contribution is -2.41. The average Bonchev–Trinajstić information content (AvgIpc) is 3.55. The van der Waals surface area contributed by atoms with E-state index in [1.807, 2.05) is 27.1 Å². The van der Waals surface area contributed by atoms with Crippen molar-refractivity contribution in [3.05, 3.63) is 48.4 Å². The predicted octanol–water partition coefficient (Wildman–Crippen LogP) is 5.25. The van der Waals surface area contributed by atoms with E-state index in [0.717, 1.165) is 65.3 Å². The molecule has 3 aromatic rings. The van der Waals surface area contributed by atoms with Crippen molar-refractivity contribution in [1.29, 1.82) is 0 Å². The molecule has 1 saturated carbocycles. The van der Waals surface area contributed by atoms with Gasteiger partial charge in [0.25, 0.3) is 0 Å². The van der Waals surface area contributed by atoms with Crippen molar-refractivity contribution in [3.63, 3.8) is 0 Å². The van der Waals surface area contributed by atoms with Crippen LogP contribution in [-0.4, -0.2) is 73.3 Å². The number of benzene rings is 2. The predicted molar refractivity (Wildman–Crippen MR) is 173 cm³/mol. The van der Waals surface area contributed by atoms with Gasteiger partial charge in [-0.2, -0.15) is 0 Å². The monoisotopic (exact) mass is 592 g/mol. The summed E-state index contributed by atoms with van der Waals surface area (Å²) in [4.78, 5) is 29.4. The number of carbonyl (C=O) groups excluding carboxylic acids is 2. The number of ether oxygens (including phenoxy) is 1. The number of carbonyl (C=O) groups is 2. The molecule has 2 atom stereocenters. The first-order chi connectivity index (χ1) is 20.4. The number of H-pyrrole nitrogens is 1. The van der Waals surface area contributed by atoms with Crippen LogP contribution in [0.5, 0.6) is 0 Å². The van der Waals surface area contributed by atoms with Gasteiger partial charge in [-0.25, -0.2) is 9.99 Å². The summed E-state index contributed by atoms with van der Waals surface area (Å²) in [6, 6.07) is 13.2. The zero-order chi connectivity index (χ0) is 31.8. The summed E-state index contributed by atoms with van der Waals surface area (Å²) in [6.07, 6.45) is 7.95. The van der Waals surface area contributed by atoms with Crippen molar-refractivity contribution in [2.24, 2.45) is 5.92 Å². The van der Waals surface area contributed by atoms with Crippen LogP contribution in [0, 0.1) is 5.92 Å². The van der Waals surface area contributed by atoms with E-state index < -0.39 is 0 Å². The van der Waals surface area contributed by atoms with Gasteiger partial charge in [0.1, 0.15) is 12.1 Å². The van der Waals surface area contributed by atoms with Crippen molar-refractivity contribution < 1.29 is 23.6 Å². The van der Waals surface area contributed by atoms with Gasteiger partial charge in [0.15, 0.2) is 0 Å². The summed E-state index contributed by atoms with van der Waals surface area (Å²) in [5, 5.41) is 4.03. The third kappa shape index (κ3) is 8.53. The Kier molecular flexibility index (Phi) is 12.1. The zero-order valence-electron chi connectivity index (χ0n) is 27.3. The third-order valence-corrected chi connectivity index (χ3v) is 8.67. The molecule has 2 N–H and O–H groups in total. The van der Waals surface area contributed by atoms with E-state index in [1.165, 1.54) is 0 Å². The number of imidazole rings is 1. The highest BCUT2D eigenvalue weighted by molar-refractivity contribution is 6.62. The number of aromatic amines is 1. The van der Waals surface area contributed by atoms with Gasteiger partial charge in [0.2, 0.25) is 6.41 Å². The van der Waals surface area contributed by atoms with Gasteiger partial charge in [-0.15, -0.1) is 0 Å². The van der Waals surface area contributed by atoms with Crippen molar-refractivity contribution in [2.45, 2.75) is 90.4 Å². The SMILES string of the molecule is CC(C)N(C)NC=O.CC1(C)OB(c2ccc3cc(-c4cnc(C5CCCCC5C=O)[nH]4)ccc3c2)OC1(C)C.COC. The molecule has 0 bridgehead atoms. The molecule has 1 saturated heterocycles. The van der Waals surface area contributed by atoms with E-state index >= 15 is 0 Å². The van der Waals surface area contributed by atoms with Crippen molar-refractivity contribution in [1.82, 2.24) is 20.4 Å². The summed E-state index contributed by atoms with van der Waals surface area (Å²) in [5.74, 6) is 1.22. The molecule has 1 aliphatic heterocycles. The van der Waals surface area contributed by atoms with Gasteiger partial charge < -0.3 is 23.8 Å². The molecular formula is C33H49BN4O5. The molecule has 2 unspecified atom stereocenters. The van der Waals surface area contributed by atoms with Gasteiger partial charge in [0, 0.05) is 44.7 Å². The van der Waals surface area contributed by atoms with E-state index in [-0.39, 0.29) is 30.2 Å². The second kappa shape index (κ2) is 15.1. The maximum atomic E-state index is 11.5. The van der Waals surface area contributed by atoms with Crippen molar-refractivity contribution in [2.75, 3.05) is 21.3 Å². The molecule has 10 heteroatoms. The molecule has 2 aromatic carbocycles. The first kappa shape index (κ1) is 34.4. The first-order valence-electron chi connectivity index (χ1n) is 15.1. The van der Waals surface area contributed by atoms with Gasteiger partial charge >= 0.3 is 7.12 Å². The molecular weight excluding hydrogens is 543 g/mol. The Hall–Kier alpha value is -3.05. The van der Waals surface area contributed by atoms with Crippen LogP contribution in [0.1, 0.15) is 79.0 Å². The lowest BCUT2D eigenvalue weighted by molar-refractivity contribution is -0.114. The van der Waals surface area contributed by atoms with Gasteiger partial charge in [-0.05, 0) is 76.7 Å². The number of aromatic nitrogens is 2. The highest BCUT2D eigenvalue weighted by Crippen LogP contribution is 2.38. The molecule has 0 radical (unpaired) electrons. The van der Waals surface area contributed by atoms with Gasteiger partial charge in [0.05, 0.1) is 23.1 Å². The molecule has 9 nitrogen and oxygen atoms in total. The third-order valence-electron chi connectivity index (χ3n) is 8.67. The number of fused-ring (bicyclic) bond motifs is 1. The van der Waals surface area contributed by atoms with E-state index in [4.69, 9.17) is 9.31 Å². The summed E-state index contributed by atoms with van der Waals surface area (Å²) in [5.41, 5.74) is 4.92. The van der Waals surface area contributed by atoms with Crippen LogP contribution in [0.2, 0.25) is 0 Å². The molecule has 2 heterocycles. The van der Waals surface area contributed by atoms with Crippen LogP contribution in [0.25, 0.3) is 22.0 Å². The quantitative estimate of drug-likeness (QED) is 0.219. The second-order valence-electron chi connectivity index (χ2n) is 12.6. The number of hydrogen-bond acceptors (Lipinski definition) is 7. The zero-order valence-corrected chi connectivity index (χ0v) is 27.3. The minimum Gasteiger partial charge on any atom is -0.399 e. The van der Waals surface area contributed by atoms with Crippen LogP contribution in [0.15, 0.2) is 42.6 Å². The van der Waals surface area contributed by atoms with E-state index in [2.05, 4.69) is 84.2 Å². The van der Waals surface area contributed by atoms with Crippen LogP contribution in [0.3, 0.4) is 0 Å². The van der Waals surface area contributed by atoms with Gasteiger partial charge in [-0.3, -0.25) is 10.2 Å². The number of amides is 1. The lowest BCUT2D eigenvalue weighted by Gasteiger charge is -2.32. The summed E-state index contributed by atoms with van der Waals surface area (Å²) < 4.78 is 16.7. The average molecular weight is 593 g/mol. The number of aldehydes is 1. The van der Waals surface area contributed by atoms with Gasteiger partial charge in [-0.1, -0.05) is 43.2 Å². The lowest BCUT2D eigenvalue weighted by atomic mass is 9.78. The maximum Gasteiger partial charge on any atom is 0.494 e. The van der Waals surface area contributed by atoms with Crippen LogP contribution < -0.4 is 10.9 Å². The number of nitrogens with zero attached hydrogens (tertiary/aromatic N) is 2. The molecule has 234 valence electrons. The Labute approximate surface area is 257 Å². The normalized spacial score (nSPS) is 20.7. The Morgan fingerprint density at radius 3 is 2.21 bits per heavy atom. The maximum absolute atomic E-state index is 11.5. The Bertz CT molecular complexity index is 1330. The molecule has 0 spiro atoms. The van der Waals surface area contributed by atoms with Crippen LogP contribution >= 0.6 is 0 Å². The summed E-state index contributed by atoms with van der Waals surface area (Å²) in [6.45, 7) is 12.3. The number of rotatable bonds is 7. The molecule has 43 heavy (non-hydrogen) atoms. The molecule has 2 aliphatic rings. The second-order valence-corrected chi connectivity index (χ2v) is 12.6. The van der Waals surface area contributed by atoms with Crippen molar-refractivity contribution in [3.8, 4) is 11.3 Å². The topological polar surface area (TPSA) is 106 Å². The number of hydrazine groups is 1. The number of nitrogens with one attached hydrogen (secondary N) is 2. The summed E-state index contributed by atoms with van der Waals surface area (Å²) >= 11 is 0. The Morgan fingerprint density at radius 2 is 1.63 bits per heavy atom. The molecule has 1 aliphatic carbocycles. The number of methoxy groups -OCH3 is 1. The molecule has 1 aromatic heterocycles. The fourth-order valence-corrected chi connectivity index (χ4v) is 5.12. The Balaban J connectivity index is 0.000000396. The van der Waals surface area contributed by atoms with Crippen LogP contribution in [-0.2, 0) is 23.6 Å². The fourth-order valence-electron chi connectivity index (χ4n) is 5.12. The van der Waals surface area contributed by atoms with Crippen molar-refractivity contribution >= 4 is 36.0 Å². The summed E-state index contributed by atoms with van der Waals surface area (Å²) in [7, 11) is 4.71. The number of hydrogen-bond donors (Lipinski definition) is 2. The molecule has 5 rings (SSSR count). The van der Waals surface area contributed by atoms with E-state index in [9.17, 15) is 9.59 Å². The highest BCUT2D eigenvalue weighted by Gasteiger charge is 2.51.